The van der Waals surface area contributed by atoms with E-state index in [-0.39, 0.29) is 16.0 Å². The first-order valence-electron chi connectivity index (χ1n) is 11.6. The van der Waals surface area contributed by atoms with Gasteiger partial charge in [0.15, 0.2) is 5.11 Å². The van der Waals surface area contributed by atoms with Crippen molar-refractivity contribution < 1.29 is 18.7 Å². The lowest BCUT2D eigenvalue weighted by Crippen LogP contribution is -2.34. The van der Waals surface area contributed by atoms with Gasteiger partial charge in [0.05, 0.1) is 11.6 Å². The van der Waals surface area contributed by atoms with E-state index in [9.17, 15) is 14.0 Å². The van der Waals surface area contributed by atoms with Crippen molar-refractivity contribution >= 4 is 52.1 Å². The smallest absolute Gasteiger partial charge is 0.257 e. The van der Waals surface area contributed by atoms with Crippen LogP contribution in [-0.4, -0.2) is 23.5 Å². The Bertz CT molecular complexity index is 1220. The van der Waals surface area contributed by atoms with Crippen molar-refractivity contribution in [3.05, 3.63) is 88.7 Å². The molecule has 0 aliphatic heterocycles. The molecule has 0 bridgehead atoms. The van der Waals surface area contributed by atoms with E-state index in [0.29, 0.717) is 34.9 Å². The molecule has 0 saturated heterocycles. The lowest BCUT2D eigenvalue weighted by molar-refractivity contribution is 0.0976. The van der Waals surface area contributed by atoms with Crippen LogP contribution in [-0.2, 0) is 0 Å². The Morgan fingerprint density at radius 3 is 2.36 bits per heavy atom. The molecule has 6 nitrogen and oxygen atoms in total. The standard InChI is InChI=1S/C27H27ClFN3O3S/c1-2-3-4-5-15-35-22-12-9-18(10-13-22)25(33)32-27(36)31-20-8-6-7-19(16-20)26(34)30-21-11-14-24(29)23(28)17-21/h6-14,16-17H,2-5,15H2,1H3,(H,30,34)(H2,31,32,33,36). The molecule has 0 saturated carbocycles. The van der Waals surface area contributed by atoms with Crippen molar-refractivity contribution in [1.82, 2.24) is 5.32 Å². The largest absolute Gasteiger partial charge is 0.494 e. The van der Waals surface area contributed by atoms with Crippen LogP contribution in [0, 0.1) is 5.82 Å². The van der Waals surface area contributed by atoms with E-state index in [1.54, 1.807) is 48.5 Å². The van der Waals surface area contributed by atoms with Gasteiger partial charge in [0.25, 0.3) is 11.8 Å². The number of hydrogen-bond acceptors (Lipinski definition) is 4. The van der Waals surface area contributed by atoms with Gasteiger partial charge in [-0.1, -0.05) is 43.9 Å². The molecule has 0 atom stereocenters. The monoisotopic (exact) mass is 527 g/mol. The number of carbonyl (C=O) groups is 2. The SMILES string of the molecule is CCCCCCOc1ccc(C(=O)NC(=S)Nc2cccc(C(=O)Nc3ccc(F)c(Cl)c3)c2)cc1. The highest BCUT2D eigenvalue weighted by Crippen LogP contribution is 2.20. The highest BCUT2D eigenvalue weighted by atomic mass is 35.5. The van der Waals surface area contributed by atoms with Crippen molar-refractivity contribution in [3.63, 3.8) is 0 Å². The molecule has 188 valence electrons. The first-order valence-corrected chi connectivity index (χ1v) is 12.4. The predicted octanol–water partition coefficient (Wildman–Crippen LogP) is 6.82. The van der Waals surface area contributed by atoms with Gasteiger partial charge in [-0.25, -0.2) is 4.39 Å². The predicted molar refractivity (Wildman–Crippen MR) is 146 cm³/mol. The molecule has 3 rings (SSSR count). The topological polar surface area (TPSA) is 79.5 Å². The van der Waals surface area contributed by atoms with Gasteiger partial charge in [0.2, 0.25) is 0 Å². The number of ether oxygens (including phenoxy) is 1. The molecule has 0 aliphatic carbocycles. The summed E-state index contributed by atoms with van der Waals surface area (Å²) in [5.74, 6) is -0.645. The van der Waals surface area contributed by atoms with E-state index >= 15 is 0 Å². The first kappa shape index (κ1) is 27.1. The summed E-state index contributed by atoms with van der Waals surface area (Å²) < 4.78 is 19.0. The van der Waals surface area contributed by atoms with Gasteiger partial charge in [-0.3, -0.25) is 14.9 Å². The Kier molecular flexibility index (Phi) is 10.2. The van der Waals surface area contributed by atoms with Crippen LogP contribution in [0.1, 0.15) is 53.3 Å². The fourth-order valence-corrected chi connectivity index (χ4v) is 3.67. The lowest BCUT2D eigenvalue weighted by Gasteiger charge is -2.12. The van der Waals surface area contributed by atoms with Gasteiger partial charge in [-0.05, 0) is 79.3 Å². The maximum Gasteiger partial charge on any atom is 0.257 e. The lowest BCUT2D eigenvalue weighted by atomic mass is 10.2. The fourth-order valence-electron chi connectivity index (χ4n) is 3.27. The van der Waals surface area contributed by atoms with Crippen LogP contribution in [0.3, 0.4) is 0 Å². The highest BCUT2D eigenvalue weighted by Gasteiger charge is 2.11. The van der Waals surface area contributed by atoms with Gasteiger partial charge >= 0.3 is 0 Å². The third-order valence-corrected chi connectivity index (χ3v) is 5.66. The summed E-state index contributed by atoms with van der Waals surface area (Å²) in [6.45, 7) is 2.81. The molecule has 3 aromatic carbocycles. The zero-order valence-corrected chi connectivity index (χ0v) is 21.3. The molecule has 9 heteroatoms. The maximum atomic E-state index is 13.3. The summed E-state index contributed by atoms with van der Waals surface area (Å²) in [4.78, 5) is 25.1. The van der Waals surface area contributed by atoms with Crippen LogP contribution >= 0.6 is 23.8 Å². The highest BCUT2D eigenvalue weighted by molar-refractivity contribution is 7.80. The van der Waals surface area contributed by atoms with E-state index in [0.717, 1.165) is 12.8 Å². The molecule has 0 unspecified atom stereocenters. The van der Waals surface area contributed by atoms with Crippen LogP contribution in [0.2, 0.25) is 5.02 Å². The minimum Gasteiger partial charge on any atom is -0.494 e. The average molecular weight is 528 g/mol. The second kappa shape index (κ2) is 13.6. The quantitative estimate of drug-likeness (QED) is 0.199. The van der Waals surface area contributed by atoms with Crippen molar-refractivity contribution in [3.8, 4) is 5.75 Å². The molecule has 0 aliphatic rings. The van der Waals surface area contributed by atoms with Crippen LogP contribution in [0.4, 0.5) is 15.8 Å². The van der Waals surface area contributed by atoms with E-state index in [4.69, 9.17) is 28.6 Å². The average Bonchev–Trinajstić information content (AvgIpc) is 2.86. The summed E-state index contributed by atoms with van der Waals surface area (Å²) in [6.07, 6.45) is 4.51. The fraction of sp³-hybridized carbons (Fsp3) is 0.222. The van der Waals surface area contributed by atoms with Crippen LogP contribution in [0.25, 0.3) is 0 Å². The Labute approximate surface area is 220 Å². The number of anilines is 2. The molecular formula is C27H27ClFN3O3S. The van der Waals surface area contributed by atoms with Crippen molar-refractivity contribution in [1.29, 1.82) is 0 Å². The number of halogens is 2. The number of benzene rings is 3. The van der Waals surface area contributed by atoms with Crippen molar-refractivity contribution in [2.75, 3.05) is 17.2 Å². The zero-order valence-electron chi connectivity index (χ0n) is 19.8. The number of amides is 2. The van der Waals surface area contributed by atoms with Gasteiger partial charge in [-0.2, -0.15) is 0 Å². The molecule has 36 heavy (non-hydrogen) atoms. The summed E-state index contributed by atoms with van der Waals surface area (Å²) in [6, 6.07) is 17.3. The van der Waals surface area contributed by atoms with Crippen LogP contribution in [0.15, 0.2) is 66.7 Å². The van der Waals surface area contributed by atoms with Gasteiger partial charge in [-0.15, -0.1) is 0 Å². The Morgan fingerprint density at radius 2 is 1.64 bits per heavy atom. The molecule has 0 radical (unpaired) electrons. The van der Waals surface area contributed by atoms with E-state index in [2.05, 4.69) is 22.9 Å². The molecule has 0 fully saturated rings. The van der Waals surface area contributed by atoms with Gasteiger partial charge in [0.1, 0.15) is 11.6 Å². The maximum absolute atomic E-state index is 13.3. The molecular weight excluding hydrogens is 501 g/mol. The molecule has 0 aromatic heterocycles. The Morgan fingerprint density at radius 1 is 0.889 bits per heavy atom. The zero-order chi connectivity index (χ0) is 25.9. The third-order valence-electron chi connectivity index (χ3n) is 5.17. The summed E-state index contributed by atoms with van der Waals surface area (Å²) in [7, 11) is 0. The Hall–Kier alpha value is -3.49. The van der Waals surface area contributed by atoms with Gasteiger partial charge in [0, 0.05) is 22.5 Å². The molecule has 0 spiro atoms. The minimum atomic E-state index is -0.571. The molecule has 2 amide bonds. The normalized spacial score (nSPS) is 10.4. The second-order valence-corrected chi connectivity index (χ2v) is 8.82. The number of rotatable bonds is 10. The van der Waals surface area contributed by atoms with E-state index in [1.165, 1.54) is 31.0 Å². The van der Waals surface area contributed by atoms with Crippen molar-refractivity contribution in [2.45, 2.75) is 32.6 Å². The molecule has 3 N–H and O–H groups in total. The Balaban J connectivity index is 1.51. The van der Waals surface area contributed by atoms with Crippen LogP contribution in [0.5, 0.6) is 5.75 Å². The van der Waals surface area contributed by atoms with E-state index in [1.807, 2.05) is 0 Å². The minimum absolute atomic E-state index is 0.0825. The van der Waals surface area contributed by atoms with Crippen molar-refractivity contribution in [2.24, 2.45) is 0 Å². The summed E-state index contributed by atoms with van der Waals surface area (Å²) >= 11 is 11.0. The number of hydrogen-bond donors (Lipinski definition) is 3. The summed E-state index contributed by atoms with van der Waals surface area (Å²) in [5.41, 5.74) is 1.64. The van der Waals surface area contributed by atoms with Gasteiger partial charge < -0.3 is 15.4 Å². The van der Waals surface area contributed by atoms with E-state index < -0.39 is 11.7 Å². The third kappa shape index (κ3) is 8.32. The number of thiocarbonyl (C=S) groups is 1. The molecule has 0 heterocycles. The number of carbonyl (C=O) groups excluding carboxylic acids is 2. The first-order chi connectivity index (χ1) is 17.4. The number of unbranched alkanes of at least 4 members (excludes halogenated alkanes) is 3. The second-order valence-electron chi connectivity index (χ2n) is 8.01. The molecule has 3 aromatic rings. The number of nitrogens with one attached hydrogen (secondary N) is 3. The van der Waals surface area contributed by atoms with Crippen LogP contribution < -0.4 is 20.7 Å². The summed E-state index contributed by atoms with van der Waals surface area (Å²) in [5, 5.41) is 8.17.